The molecule has 1 aromatic carbocycles. The summed E-state index contributed by atoms with van der Waals surface area (Å²) in [6, 6.07) is 7.24. The summed E-state index contributed by atoms with van der Waals surface area (Å²) < 4.78 is 13.9. The Balaban J connectivity index is 2.81. The Labute approximate surface area is 121 Å². The monoisotopic (exact) mass is 282 g/mol. The second-order valence-electron chi connectivity index (χ2n) is 5.58. The van der Waals surface area contributed by atoms with E-state index in [0.717, 1.165) is 6.54 Å². The lowest BCUT2D eigenvalue weighted by Crippen LogP contribution is -2.40. The van der Waals surface area contributed by atoms with Crippen LogP contribution >= 0.6 is 0 Å². The van der Waals surface area contributed by atoms with Gasteiger partial charge in [0.15, 0.2) is 0 Å². The van der Waals surface area contributed by atoms with Crippen LogP contribution in [0.1, 0.15) is 32.4 Å². The zero-order valence-electron chi connectivity index (χ0n) is 12.9. The van der Waals surface area contributed by atoms with Crippen molar-refractivity contribution in [2.45, 2.75) is 32.9 Å². The first-order valence-electron chi connectivity index (χ1n) is 7.27. The van der Waals surface area contributed by atoms with E-state index in [1.807, 2.05) is 19.2 Å². The SMILES string of the molecule is CNC(c1ccccc1F)C(C)CN(CCO)C(C)C. The fourth-order valence-corrected chi connectivity index (χ4v) is 2.64. The minimum absolute atomic E-state index is 0.0313. The Morgan fingerprint density at radius 3 is 2.40 bits per heavy atom. The topological polar surface area (TPSA) is 35.5 Å². The lowest BCUT2D eigenvalue weighted by atomic mass is 9.93. The minimum Gasteiger partial charge on any atom is -0.395 e. The lowest BCUT2D eigenvalue weighted by Gasteiger charge is -2.32. The second-order valence-corrected chi connectivity index (χ2v) is 5.58. The van der Waals surface area contributed by atoms with E-state index < -0.39 is 0 Å². The fraction of sp³-hybridized carbons (Fsp3) is 0.625. The van der Waals surface area contributed by atoms with Crippen molar-refractivity contribution in [1.29, 1.82) is 0 Å². The molecule has 4 heteroatoms. The quantitative estimate of drug-likeness (QED) is 0.768. The molecule has 0 fully saturated rings. The molecule has 0 saturated carbocycles. The van der Waals surface area contributed by atoms with Crippen LogP contribution in [0, 0.1) is 11.7 Å². The molecule has 0 aliphatic carbocycles. The average molecular weight is 282 g/mol. The van der Waals surface area contributed by atoms with Gasteiger partial charge in [-0.15, -0.1) is 0 Å². The van der Waals surface area contributed by atoms with Crippen LogP contribution in [0.5, 0.6) is 0 Å². The maximum Gasteiger partial charge on any atom is 0.127 e. The van der Waals surface area contributed by atoms with Crippen LogP contribution in [0.25, 0.3) is 0 Å². The van der Waals surface area contributed by atoms with Crippen molar-refractivity contribution < 1.29 is 9.50 Å². The van der Waals surface area contributed by atoms with Crippen LogP contribution in [-0.4, -0.2) is 42.8 Å². The van der Waals surface area contributed by atoms with Crippen molar-refractivity contribution in [2.24, 2.45) is 5.92 Å². The molecular formula is C16H27FN2O. The van der Waals surface area contributed by atoms with Gasteiger partial charge in [0.25, 0.3) is 0 Å². The summed E-state index contributed by atoms with van der Waals surface area (Å²) in [4.78, 5) is 2.22. The van der Waals surface area contributed by atoms with Crippen molar-refractivity contribution in [3.63, 3.8) is 0 Å². The Kier molecular flexibility index (Phi) is 7.13. The van der Waals surface area contributed by atoms with Crippen molar-refractivity contribution in [3.05, 3.63) is 35.6 Å². The van der Waals surface area contributed by atoms with Gasteiger partial charge in [0, 0.05) is 30.7 Å². The van der Waals surface area contributed by atoms with E-state index in [2.05, 4.69) is 31.0 Å². The molecule has 0 aromatic heterocycles. The normalized spacial score (nSPS) is 14.8. The molecule has 0 heterocycles. The Morgan fingerprint density at radius 2 is 1.90 bits per heavy atom. The van der Waals surface area contributed by atoms with E-state index in [1.165, 1.54) is 6.07 Å². The predicted octanol–water partition coefficient (Wildman–Crippen LogP) is 2.43. The zero-order valence-corrected chi connectivity index (χ0v) is 12.9. The van der Waals surface area contributed by atoms with Crippen LogP contribution in [0.2, 0.25) is 0 Å². The molecular weight excluding hydrogens is 255 g/mol. The summed E-state index contributed by atoms with van der Waals surface area (Å²) in [5.41, 5.74) is 0.704. The number of aliphatic hydroxyl groups is 1. The molecule has 114 valence electrons. The van der Waals surface area contributed by atoms with Gasteiger partial charge in [-0.1, -0.05) is 25.1 Å². The van der Waals surface area contributed by atoms with Crippen LogP contribution in [0.15, 0.2) is 24.3 Å². The molecule has 2 atom stereocenters. The predicted molar refractivity (Wildman–Crippen MR) is 81.2 cm³/mol. The second kappa shape index (κ2) is 8.35. The number of aliphatic hydroxyl groups excluding tert-OH is 1. The number of hydrogen-bond acceptors (Lipinski definition) is 3. The van der Waals surface area contributed by atoms with Crippen LogP contribution in [0.3, 0.4) is 0 Å². The molecule has 2 N–H and O–H groups in total. The highest BCUT2D eigenvalue weighted by Gasteiger charge is 2.23. The van der Waals surface area contributed by atoms with Gasteiger partial charge in [0.2, 0.25) is 0 Å². The molecule has 0 saturated heterocycles. The van der Waals surface area contributed by atoms with E-state index in [-0.39, 0.29) is 24.4 Å². The van der Waals surface area contributed by atoms with Crippen molar-refractivity contribution >= 4 is 0 Å². The average Bonchev–Trinajstić information content (AvgIpc) is 2.41. The number of rotatable bonds is 8. The van der Waals surface area contributed by atoms with Gasteiger partial charge in [0.05, 0.1) is 6.61 Å². The van der Waals surface area contributed by atoms with Gasteiger partial charge in [-0.3, -0.25) is 4.90 Å². The first-order chi connectivity index (χ1) is 9.51. The first-order valence-corrected chi connectivity index (χ1v) is 7.27. The van der Waals surface area contributed by atoms with E-state index in [9.17, 15) is 4.39 Å². The third-order valence-electron chi connectivity index (χ3n) is 3.76. The van der Waals surface area contributed by atoms with Gasteiger partial charge in [0.1, 0.15) is 5.82 Å². The molecule has 0 amide bonds. The van der Waals surface area contributed by atoms with Crippen LogP contribution < -0.4 is 5.32 Å². The van der Waals surface area contributed by atoms with Crippen LogP contribution in [-0.2, 0) is 0 Å². The third-order valence-corrected chi connectivity index (χ3v) is 3.76. The molecule has 0 radical (unpaired) electrons. The summed E-state index contributed by atoms with van der Waals surface area (Å²) in [6.07, 6.45) is 0. The number of nitrogens with one attached hydrogen (secondary N) is 1. The zero-order chi connectivity index (χ0) is 15.1. The minimum atomic E-state index is -0.169. The number of hydrogen-bond donors (Lipinski definition) is 2. The van der Waals surface area contributed by atoms with Crippen molar-refractivity contribution in [1.82, 2.24) is 10.2 Å². The van der Waals surface area contributed by atoms with Gasteiger partial charge in [-0.05, 0) is 32.9 Å². The Hall–Kier alpha value is -0.970. The fourth-order valence-electron chi connectivity index (χ4n) is 2.64. The smallest absolute Gasteiger partial charge is 0.127 e. The van der Waals surface area contributed by atoms with Crippen molar-refractivity contribution in [2.75, 3.05) is 26.7 Å². The number of halogens is 1. The highest BCUT2D eigenvalue weighted by Crippen LogP contribution is 2.25. The largest absolute Gasteiger partial charge is 0.395 e. The van der Waals surface area contributed by atoms with Gasteiger partial charge >= 0.3 is 0 Å². The Bertz CT molecular complexity index is 398. The maximum absolute atomic E-state index is 13.9. The van der Waals surface area contributed by atoms with E-state index >= 15 is 0 Å². The van der Waals surface area contributed by atoms with Gasteiger partial charge < -0.3 is 10.4 Å². The van der Waals surface area contributed by atoms with E-state index in [4.69, 9.17) is 5.11 Å². The summed E-state index contributed by atoms with van der Waals surface area (Å²) in [6.45, 7) is 7.95. The molecule has 1 rings (SSSR count). The van der Waals surface area contributed by atoms with Gasteiger partial charge in [-0.2, -0.15) is 0 Å². The molecule has 2 unspecified atom stereocenters. The highest BCUT2D eigenvalue weighted by molar-refractivity contribution is 5.21. The summed E-state index contributed by atoms with van der Waals surface area (Å²) in [5, 5.41) is 12.4. The number of nitrogens with zero attached hydrogens (tertiary/aromatic N) is 1. The Morgan fingerprint density at radius 1 is 1.25 bits per heavy atom. The molecule has 0 aliphatic heterocycles. The third kappa shape index (κ3) is 4.54. The van der Waals surface area contributed by atoms with E-state index in [0.29, 0.717) is 18.2 Å². The first kappa shape index (κ1) is 17.1. The lowest BCUT2D eigenvalue weighted by molar-refractivity contribution is 0.138. The summed E-state index contributed by atoms with van der Waals surface area (Å²) in [5.74, 6) is 0.0720. The molecule has 0 bridgehead atoms. The van der Waals surface area contributed by atoms with E-state index in [1.54, 1.807) is 6.07 Å². The molecule has 0 spiro atoms. The standard InChI is InChI=1S/C16H27FN2O/c1-12(2)19(9-10-20)11-13(3)16(18-4)14-7-5-6-8-15(14)17/h5-8,12-13,16,18,20H,9-11H2,1-4H3. The molecule has 0 aliphatic rings. The van der Waals surface area contributed by atoms with Crippen LogP contribution in [0.4, 0.5) is 4.39 Å². The summed E-state index contributed by atoms with van der Waals surface area (Å²) >= 11 is 0. The molecule has 20 heavy (non-hydrogen) atoms. The van der Waals surface area contributed by atoms with Gasteiger partial charge in [-0.25, -0.2) is 4.39 Å². The molecule has 1 aromatic rings. The summed E-state index contributed by atoms with van der Waals surface area (Å²) in [7, 11) is 1.86. The highest BCUT2D eigenvalue weighted by atomic mass is 19.1. The number of benzene rings is 1. The molecule has 3 nitrogen and oxygen atoms in total. The maximum atomic E-state index is 13.9. The van der Waals surface area contributed by atoms with Crippen molar-refractivity contribution in [3.8, 4) is 0 Å².